The first-order valence-electron chi connectivity index (χ1n) is 9.46. The molecule has 0 unspecified atom stereocenters. The lowest BCUT2D eigenvalue weighted by molar-refractivity contribution is 0.171. The molecule has 0 aliphatic carbocycles. The number of hydrogen-bond donors (Lipinski definition) is 1. The van der Waals surface area contributed by atoms with Crippen LogP contribution >= 0.6 is 0 Å². The van der Waals surface area contributed by atoms with Gasteiger partial charge in [-0.05, 0) is 29.3 Å². The van der Waals surface area contributed by atoms with Gasteiger partial charge in [-0.2, -0.15) is 5.10 Å². The van der Waals surface area contributed by atoms with Crippen LogP contribution in [-0.4, -0.2) is 33.4 Å². The number of methoxy groups -OCH3 is 1. The second-order valence-electron chi connectivity index (χ2n) is 7.17. The lowest BCUT2D eigenvalue weighted by Crippen LogP contribution is -2.33. The van der Waals surface area contributed by atoms with Crippen LogP contribution in [0.5, 0.6) is 5.75 Å². The third kappa shape index (κ3) is 4.08. The van der Waals surface area contributed by atoms with E-state index in [1.54, 1.807) is 12.1 Å². The predicted octanol–water partition coefficient (Wildman–Crippen LogP) is 3.32. The number of aliphatic hydroxyl groups excluding tert-OH is 1. The predicted molar refractivity (Wildman–Crippen MR) is 104 cm³/mol. The van der Waals surface area contributed by atoms with Crippen molar-refractivity contribution in [2.45, 2.75) is 32.2 Å². The number of aromatic nitrogens is 2. The Morgan fingerprint density at radius 2 is 1.93 bits per heavy atom. The molecule has 6 heteroatoms. The van der Waals surface area contributed by atoms with E-state index in [-0.39, 0.29) is 11.6 Å². The van der Waals surface area contributed by atoms with Crippen molar-refractivity contribution in [1.82, 2.24) is 14.7 Å². The maximum absolute atomic E-state index is 13.6. The van der Waals surface area contributed by atoms with Gasteiger partial charge in [0.1, 0.15) is 6.10 Å². The van der Waals surface area contributed by atoms with E-state index in [1.165, 1.54) is 13.2 Å². The number of nitrogens with zero attached hydrogens (tertiary/aromatic N) is 3. The molecule has 4 rings (SSSR count). The van der Waals surface area contributed by atoms with Crippen LogP contribution < -0.4 is 4.74 Å². The lowest BCUT2D eigenvalue weighted by Gasteiger charge is -2.27. The molecule has 0 radical (unpaired) electrons. The van der Waals surface area contributed by atoms with Crippen molar-refractivity contribution in [1.29, 1.82) is 0 Å². The van der Waals surface area contributed by atoms with E-state index >= 15 is 0 Å². The van der Waals surface area contributed by atoms with Gasteiger partial charge >= 0.3 is 0 Å². The first-order valence-corrected chi connectivity index (χ1v) is 9.46. The van der Waals surface area contributed by atoms with E-state index in [2.05, 4.69) is 10.00 Å². The Morgan fingerprint density at radius 1 is 1.11 bits per heavy atom. The zero-order valence-corrected chi connectivity index (χ0v) is 15.9. The maximum atomic E-state index is 13.6. The summed E-state index contributed by atoms with van der Waals surface area (Å²) < 4.78 is 20.7. The summed E-state index contributed by atoms with van der Waals surface area (Å²) in [7, 11) is 1.48. The molecule has 0 spiro atoms. The van der Waals surface area contributed by atoms with Crippen LogP contribution in [0.15, 0.2) is 54.6 Å². The molecule has 0 bridgehead atoms. The molecule has 0 saturated carbocycles. The fraction of sp³-hybridized carbons (Fsp3) is 0.318. The van der Waals surface area contributed by atoms with Gasteiger partial charge in [0.15, 0.2) is 11.6 Å². The summed E-state index contributed by atoms with van der Waals surface area (Å²) in [5.74, 6) is -0.0779. The molecule has 1 N–H and O–H groups in total. The van der Waals surface area contributed by atoms with Crippen molar-refractivity contribution in [3.05, 3.63) is 82.9 Å². The first kappa shape index (κ1) is 18.7. The molecule has 28 heavy (non-hydrogen) atoms. The molecule has 5 nitrogen and oxygen atoms in total. The molecule has 0 saturated heterocycles. The Balaban J connectivity index is 1.43. The average molecular weight is 381 g/mol. The van der Waals surface area contributed by atoms with Crippen molar-refractivity contribution in [3.8, 4) is 5.75 Å². The lowest BCUT2D eigenvalue weighted by atomic mass is 10.1. The standard InChI is InChI=1S/C22H24FN3O2/c1-28-22-12-17(7-8-19(22)23)14-25-9-10-26-18(15-25)13-20(24-26)21(27)11-16-5-3-2-4-6-16/h2-8,12-13,21,27H,9-11,14-15H2,1H3/t21-/m0/s1. The molecule has 1 aromatic heterocycles. The molecule has 1 atom stereocenters. The molecule has 3 aromatic rings. The zero-order chi connectivity index (χ0) is 19.5. The van der Waals surface area contributed by atoms with Gasteiger partial charge in [0, 0.05) is 26.1 Å². The fourth-order valence-corrected chi connectivity index (χ4v) is 3.64. The third-order valence-electron chi connectivity index (χ3n) is 5.13. The van der Waals surface area contributed by atoms with Crippen molar-refractivity contribution in [2.24, 2.45) is 0 Å². The molecule has 1 aliphatic rings. The van der Waals surface area contributed by atoms with Gasteiger partial charge in [-0.25, -0.2) is 4.39 Å². The zero-order valence-electron chi connectivity index (χ0n) is 15.9. The minimum Gasteiger partial charge on any atom is -0.494 e. The normalized spacial score (nSPS) is 15.2. The Morgan fingerprint density at radius 3 is 2.71 bits per heavy atom. The van der Waals surface area contributed by atoms with Gasteiger partial charge in [0.2, 0.25) is 0 Å². The SMILES string of the molecule is COc1cc(CN2CCn3nc([C@@H](O)Cc4ccccc4)cc3C2)ccc1F. The van der Waals surface area contributed by atoms with E-state index in [9.17, 15) is 9.50 Å². The third-order valence-corrected chi connectivity index (χ3v) is 5.13. The van der Waals surface area contributed by atoms with Crippen molar-refractivity contribution < 1.29 is 14.2 Å². The van der Waals surface area contributed by atoms with Crippen LogP contribution in [0.1, 0.15) is 28.6 Å². The highest BCUT2D eigenvalue weighted by molar-refractivity contribution is 5.30. The summed E-state index contributed by atoms with van der Waals surface area (Å²) in [5.41, 5.74) is 3.90. The monoisotopic (exact) mass is 381 g/mol. The summed E-state index contributed by atoms with van der Waals surface area (Å²) in [6.07, 6.45) is -0.0635. The Hall–Kier alpha value is -2.70. The van der Waals surface area contributed by atoms with E-state index < -0.39 is 6.10 Å². The van der Waals surface area contributed by atoms with E-state index in [4.69, 9.17) is 4.74 Å². The Labute approximate surface area is 164 Å². The summed E-state index contributed by atoms with van der Waals surface area (Å²) >= 11 is 0. The van der Waals surface area contributed by atoms with Crippen LogP contribution in [0.2, 0.25) is 0 Å². The minimum atomic E-state index is -0.615. The van der Waals surface area contributed by atoms with Crippen LogP contribution in [-0.2, 0) is 26.1 Å². The van der Waals surface area contributed by atoms with Gasteiger partial charge in [0.25, 0.3) is 0 Å². The van der Waals surface area contributed by atoms with Gasteiger partial charge in [-0.15, -0.1) is 0 Å². The molecule has 0 fully saturated rings. The summed E-state index contributed by atoms with van der Waals surface area (Å²) in [6, 6.07) is 16.9. The van der Waals surface area contributed by atoms with Gasteiger partial charge in [0.05, 0.1) is 25.0 Å². The van der Waals surface area contributed by atoms with Crippen LogP contribution in [0.3, 0.4) is 0 Å². The average Bonchev–Trinajstić information content (AvgIpc) is 3.14. The fourth-order valence-electron chi connectivity index (χ4n) is 3.64. The smallest absolute Gasteiger partial charge is 0.165 e. The number of fused-ring (bicyclic) bond motifs is 1. The Bertz CT molecular complexity index is 942. The topological polar surface area (TPSA) is 50.5 Å². The van der Waals surface area contributed by atoms with E-state index in [0.29, 0.717) is 18.7 Å². The summed E-state index contributed by atoms with van der Waals surface area (Å²) in [5, 5.41) is 15.2. The highest BCUT2D eigenvalue weighted by atomic mass is 19.1. The van der Waals surface area contributed by atoms with Gasteiger partial charge in [-0.3, -0.25) is 9.58 Å². The molecule has 1 aliphatic heterocycles. The number of aliphatic hydroxyl groups is 1. The van der Waals surface area contributed by atoms with Crippen molar-refractivity contribution >= 4 is 0 Å². The van der Waals surface area contributed by atoms with Crippen LogP contribution in [0.4, 0.5) is 4.39 Å². The highest BCUT2D eigenvalue weighted by Crippen LogP contribution is 2.24. The number of halogens is 1. The molecular formula is C22H24FN3O2. The number of hydrogen-bond acceptors (Lipinski definition) is 4. The molecule has 0 amide bonds. The molecule has 146 valence electrons. The van der Waals surface area contributed by atoms with Gasteiger partial charge in [-0.1, -0.05) is 36.4 Å². The molecule has 2 aromatic carbocycles. The number of rotatable bonds is 6. The van der Waals surface area contributed by atoms with Crippen molar-refractivity contribution in [2.75, 3.05) is 13.7 Å². The van der Waals surface area contributed by atoms with E-state index in [1.807, 2.05) is 41.1 Å². The summed E-state index contributed by atoms with van der Waals surface area (Å²) in [6.45, 7) is 3.07. The van der Waals surface area contributed by atoms with Crippen LogP contribution in [0, 0.1) is 5.82 Å². The Kier molecular flexibility index (Phi) is 5.41. The second kappa shape index (κ2) is 8.12. The largest absolute Gasteiger partial charge is 0.494 e. The highest BCUT2D eigenvalue weighted by Gasteiger charge is 2.21. The molecular weight excluding hydrogens is 357 g/mol. The second-order valence-corrected chi connectivity index (χ2v) is 7.17. The number of benzene rings is 2. The number of ether oxygens (including phenoxy) is 1. The van der Waals surface area contributed by atoms with Crippen LogP contribution in [0.25, 0.3) is 0 Å². The molecule has 2 heterocycles. The quantitative estimate of drug-likeness (QED) is 0.712. The van der Waals surface area contributed by atoms with E-state index in [0.717, 1.165) is 36.5 Å². The van der Waals surface area contributed by atoms with Gasteiger partial charge < -0.3 is 9.84 Å². The van der Waals surface area contributed by atoms with Crippen molar-refractivity contribution in [3.63, 3.8) is 0 Å². The first-order chi connectivity index (χ1) is 13.6. The minimum absolute atomic E-state index is 0.269. The summed E-state index contributed by atoms with van der Waals surface area (Å²) in [4.78, 5) is 2.29. The maximum Gasteiger partial charge on any atom is 0.165 e.